The molecule has 0 saturated heterocycles. The predicted octanol–water partition coefficient (Wildman–Crippen LogP) is 1.55. The quantitative estimate of drug-likeness (QED) is 0.527. The van der Waals surface area contributed by atoms with Crippen LogP contribution in [0.15, 0.2) is 9.78 Å². The minimum atomic E-state index is -1.02. The molecule has 0 aromatic carbocycles. The van der Waals surface area contributed by atoms with Crippen LogP contribution in [0.2, 0.25) is 0 Å². The van der Waals surface area contributed by atoms with Gasteiger partial charge in [0.2, 0.25) is 0 Å². The molecular formula is C4H6INO2. The van der Waals surface area contributed by atoms with Crippen LogP contribution in [0.4, 0.5) is 4.79 Å². The van der Waals surface area contributed by atoms with Crippen LogP contribution < -0.4 is 5.32 Å². The predicted molar refractivity (Wildman–Crippen MR) is 38.9 cm³/mol. The summed E-state index contributed by atoms with van der Waals surface area (Å²) in [7, 11) is 0. The molecule has 0 aliphatic rings. The average molecular weight is 227 g/mol. The van der Waals surface area contributed by atoms with E-state index in [9.17, 15) is 4.79 Å². The smallest absolute Gasteiger partial charge is 0.409 e. The van der Waals surface area contributed by atoms with E-state index in [0.717, 1.165) is 0 Å². The van der Waals surface area contributed by atoms with Crippen molar-refractivity contribution in [2.75, 3.05) is 0 Å². The van der Waals surface area contributed by atoms with Gasteiger partial charge in [0.05, 0.1) is 3.70 Å². The third-order valence-corrected chi connectivity index (χ3v) is 1.37. The zero-order valence-corrected chi connectivity index (χ0v) is 6.47. The van der Waals surface area contributed by atoms with Crippen LogP contribution in [-0.4, -0.2) is 11.2 Å². The Morgan fingerprint density at radius 3 is 2.50 bits per heavy atom. The molecule has 0 aliphatic heterocycles. The van der Waals surface area contributed by atoms with Crippen LogP contribution in [0.1, 0.15) is 6.92 Å². The van der Waals surface area contributed by atoms with Crippen molar-refractivity contribution >= 4 is 28.7 Å². The third kappa shape index (κ3) is 3.91. The van der Waals surface area contributed by atoms with Crippen LogP contribution in [0, 0.1) is 0 Å². The molecule has 0 unspecified atom stereocenters. The largest absolute Gasteiger partial charge is 0.465 e. The summed E-state index contributed by atoms with van der Waals surface area (Å²) >= 11 is 1.89. The molecular weight excluding hydrogens is 221 g/mol. The summed E-state index contributed by atoms with van der Waals surface area (Å²) in [6, 6.07) is 0. The average Bonchev–Trinajstić information content (AvgIpc) is 1.65. The Labute approximate surface area is 60.9 Å². The highest BCUT2D eigenvalue weighted by molar-refractivity contribution is 14.1. The first-order valence-corrected chi connectivity index (χ1v) is 3.06. The minimum absolute atomic E-state index is 0.620. The van der Waals surface area contributed by atoms with E-state index in [1.807, 2.05) is 22.6 Å². The van der Waals surface area contributed by atoms with Gasteiger partial charge in [-0.3, -0.25) is 5.32 Å². The fraction of sp³-hybridized carbons (Fsp3) is 0.250. The van der Waals surface area contributed by atoms with Crippen molar-refractivity contribution in [1.29, 1.82) is 0 Å². The van der Waals surface area contributed by atoms with Crippen molar-refractivity contribution in [3.63, 3.8) is 0 Å². The second-order valence-corrected chi connectivity index (χ2v) is 2.23. The highest BCUT2D eigenvalue weighted by Crippen LogP contribution is 1.97. The van der Waals surface area contributed by atoms with E-state index in [0.29, 0.717) is 3.70 Å². The zero-order valence-electron chi connectivity index (χ0n) is 4.31. The maximum absolute atomic E-state index is 9.81. The van der Waals surface area contributed by atoms with Gasteiger partial charge in [-0.25, -0.2) is 4.79 Å². The number of carboxylic acid groups (broad SMARTS) is 1. The molecule has 0 heterocycles. The molecule has 1 amide bonds. The molecule has 46 valence electrons. The fourth-order valence-electron chi connectivity index (χ4n) is 0.174. The van der Waals surface area contributed by atoms with E-state index < -0.39 is 6.09 Å². The minimum Gasteiger partial charge on any atom is -0.465 e. The van der Waals surface area contributed by atoms with Gasteiger partial charge in [-0.2, -0.15) is 0 Å². The summed E-state index contributed by atoms with van der Waals surface area (Å²) in [5, 5.41) is 10.2. The molecule has 0 aliphatic carbocycles. The van der Waals surface area contributed by atoms with Crippen LogP contribution in [-0.2, 0) is 0 Å². The summed E-state index contributed by atoms with van der Waals surface area (Å²) in [5.41, 5.74) is 0. The molecule has 0 spiro atoms. The Morgan fingerprint density at radius 1 is 1.88 bits per heavy atom. The van der Waals surface area contributed by atoms with Gasteiger partial charge in [0, 0.05) is 0 Å². The monoisotopic (exact) mass is 227 g/mol. The number of halogens is 1. The highest BCUT2D eigenvalue weighted by Gasteiger charge is 1.92. The van der Waals surface area contributed by atoms with E-state index in [1.54, 1.807) is 13.0 Å². The number of rotatable bonds is 1. The number of hydrogen-bond acceptors (Lipinski definition) is 1. The first-order valence-electron chi connectivity index (χ1n) is 1.98. The highest BCUT2D eigenvalue weighted by atomic mass is 127. The van der Waals surface area contributed by atoms with Crippen molar-refractivity contribution < 1.29 is 9.90 Å². The first-order chi connectivity index (χ1) is 3.66. The second kappa shape index (κ2) is 3.71. The third-order valence-electron chi connectivity index (χ3n) is 0.480. The lowest BCUT2D eigenvalue weighted by molar-refractivity contribution is 0.198. The molecule has 0 aromatic rings. The topological polar surface area (TPSA) is 49.3 Å². The van der Waals surface area contributed by atoms with Gasteiger partial charge >= 0.3 is 6.09 Å². The number of carbonyl (C=O) groups is 1. The van der Waals surface area contributed by atoms with E-state index in [-0.39, 0.29) is 0 Å². The molecule has 0 saturated carbocycles. The van der Waals surface area contributed by atoms with Gasteiger partial charge < -0.3 is 5.11 Å². The number of allylic oxidation sites excluding steroid dienone is 1. The number of amides is 1. The summed E-state index contributed by atoms with van der Waals surface area (Å²) in [6.07, 6.45) is 0.654. The number of hydrogen-bond donors (Lipinski definition) is 2. The molecule has 3 nitrogen and oxygen atoms in total. The lowest BCUT2D eigenvalue weighted by atomic mass is 10.7. The molecule has 0 bridgehead atoms. The van der Waals surface area contributed by atoms with Gasteiger partial charge in [0.1, 0.15) is 0 Å². The van der Waals surface area contributed by atoms with Gasteiger partial charge in [-0.1, -0.05) is 6.08 Å². The van der Waals surface area contributed by atoms with Crippen molar-refractivity contribution in [3.05, 3.63) is 9.78 Å². The lowest BCUT2D eigenvalue weighted by Crippen LogP contribution is -2.16. The standard InChI is InChI=1S/C4H6INO2/c1-2-3(5)6-4(7)8/h2,6H,1H3,(H,7,8). The Hall–Kier alpha value is -0.260. The summed E-state index contributed by atoms with van der Waals surface area (Å²) in [5.74, 6) is 0. The molecule has 0 atom stereocenters. The Bertz CT molecular complexity index is 121. The van der Waals surface area contributed by atoms with E-state index in [1.165, 1.54) is 0 Å². The van der Waals surface area contributed by atoms with Crippen LogP contribution in [0.3, 0.4) is 0 Å². The second-order valence-electron chi connectivity index (χ2n) is 1.07. The normalized spacial score (nSPS) is 11.0. The molecule has 0 radical (unpaired) electrons. The maximum atomic E-state index is 9.81. The zero-order chi connectivity index (χ0) is 6.57. The summed E-state index contributed by atoms with van der Waals surface area (Å²) in [6.45, 7) is 1.76. The molecule has 4 heteroatoms. The van der Waals surface area contributed by atoms with Crippen LogP contribution >= 0.6 is 22.6 Å². The molecule has 0 fully saturated rings. The van der Waals surface area contributed by atoms with Crippen molar-refractivity contribution in [1.82, 2.24) is 5.32 Å². The summed E-state index contributed by atoms with van der Waals surface area (Å²) < 4.78 is 0.620. The lowest BCUT2D eigenvalue weighted by Gasteiger charge is -1.93. The van der Waals surface area contributed by atoms with Gasteiger partial charge in [0.15, 0.2) is 0 Å². The van der Waals surface area contributed by atoms with Crippen molar-refractivity contribution in [2.45, 2.75) is 6.92 Å². The molecule has 0 aromatic heterocycles. The van der Waals surface area contributed by atoms with E-state index >= 15 is 0 Å². The Balaban J connectivity index is 3.56. The molecule has 8 heavy (non-hydrogen) atoms. The number of nitrogens with one attached hydrogen (secondary N) is 1. The van der Waals surface area contributed by atoms with Gasteiger partial charge in [-0.15, -0.1) is 0 Å². The SMILES string of the molecule is CC=C(I)NC(=O)O. The van der Waals surface area contributed by atoms with Gasteiger partial charge in [0.25, 0.3) is 0 Å². The summed E-state index contributed by atoms with van der Waals surface area (Å²) in [4.78, 5) is 9.81. The first kappa shape index (κ1) is 7.74. The van der Waals surface area contributed by atoms with Crippen molar-refractivity contribution in [2.24, 2.45) is 0 Å². The van der Waals surface area contributed by atoms with Crippen LogP contribution in [0.25, 0.3) is 0 Å². The van der Waals surface area contributed by atoms with Crippen LogP contribution in [0.5, 0.6) is 0 Å². The van der Waals surface area contributed by atoms with E-state index in [2.05, 4.69) is 5.32 Å². The molecule has 2 N–H and O–H groups in total. The molecule has 0 rings (SSSR count). The fourth-order valence-corrected chi connectivity index (χ4v) is 0.405. The van der Waals surface area contributed by atoms with Crippen molar-refractivity contribution in [3.8, 4) is 0 Å². The Morgan fingerprint density at radius 2 is 2.38 bits per heavy atom. The van der Waals surface area contributed by atoms with Gasteiger partial charge in [-0.05, 0) is 29.5 Å². The maximum Gasteiger partial charge on any atom is 0.409 e. The van der Waals surface area contributed by atoms with E-state index in [4.69, 9.17) is 5.11 Å². The Kier molecular flexibility index (Phi) is 3.59.